The second kappa shape index (κ2) is 7.66. The largest absolute Gasteiger partial charge is 0.323 e. The summed E-state index contributed by atoms with van der Waals surface area (Å²) in [7, 11) is 0. The maximum atomic E-state index is 6.11. The Bertz CT molecular complexity index is 269. The van der Waals surface area contributed by atoms with E-state index in [2.05, 4.69) is 35.8 Å². The Kier molecular flexibility index (Phi) is 7.88. The van der Waals surface area contributed by atoms with E-state index in [1.54, 1.807) is 11.3 Å². The Morgan fingerprint density at radius 2 is 2.13 bits per heavy atom. The SMILES string of the molecule is CCCCC[C@H](N)c1cc(C)c(Br)s1.Cl. The minimum absolute atomic E-state index is 0. The molecule has 0 radical (unpaired) electrons. The van der Waals surface area contributed by atoms with Gasteiger partial charge in [-0.05, 0) is 40.9 Å². The van der Waals surface area contributed by atoms with Crippen LogP contribution < -0.4 is 5.73 Å². The van der Waals surface area contributed by atoms with Crippen molar-refractivity contribution in [2.75, 3.05) is 0 Å². The normalized spacial score (nSPS) is 12.3. The van der Waals surface area contributed by atoms with Crippen molar-refractivity contribution in [2.24, 2.45) is 5.73 Å². The number of unbranched alkanes of at least 4 members (excludes halogenated alkanes) is 2. The molecule has 1 aromatic heterocycles. The van der Waals surface area contributed by atoms with Gasteiger partial charge in [-0.3, -0.25) is 0 Å². The second-order valence-electron chi connectivity index (χ2n) is 3.71. The zero-order valence-corrected chi connectivity index (χ0v) is 12.5. The van der Waals surface area contributed by atoms with Crippen molar-refractivity contribution in [1.82, 2.24) is 0 Å². The van der Waals surface area contributed by atoms with Crippen molar-refractivity contribution in [1.29, 1.82) is 0 Å². The first-order chi connectivity index (χ1) is 6.65. The Morgan fingerprint density at radius 1 is 1.47 bits per heavy atom. The van der Waals surface area contributed by atoms with Crippen molar-refractivity contribution in [3.63, 3.8) is 0 Å². The molecule has 1 rings (SSSR count). The topological polar surface area (TPSA) is 26.0 Å². The molecule has 0 amide bonds. The molecule has 88 valence electrons. The molecule has 0 saturated heterocycles. The first-order valence-corrected chi connectivity index (χ1v) is 6.77. The molecule has 1 heterocycles. The number of nitrogens with two attached hydrogens (primary N) is 1. The molecular formula is C11H19BrClNS. The van der Waals surface area contributed by atoms with Gasteiger partial charge >= 0.3 is 0 Å². The predicted octanol–water partition coefficient (Wildman–Crippen LogP) is 4.82. The van der Waals surface area contributed by atoms with Crippen molar-refractivity contribution in [3.8, 4) is 0 Å². The van der Waals surface area contributed by atoms with E-state index < -0.39 is 0 Å². The third-order valence-electron chi connectivity index (χ3n) is 2.36. The van der Waals surface area contributed by atoms with Gasteiger partial charge in [0.25, 0.3) is 0 Å². The molecule has 4 heteroatoms. The van der Waals surface area contributed by atoms with Crippen molar-refractivity contribution < 1.29 is 0 Å². The fourth-order valence-corrected chi connectivity index (χ4v) is 3.03. The molecule has 0 saturated carbocycles. The molecule has 0 unspecified atom stereocenters. The molecule has 0 aliphatic heterocycles. The molecule has 2 N–H and O–H groups in total. The summed E-state index contributed by atoms with van der Waals surface area (Å²) in [6, 6.07) is 2.43. The number of hydrogen-bond donors (Lipinski definition) is 1. The van der Waals surface area contributed by atoms with E-state index in [1.165, 1.54) is 33.5 Å². The lowest BCUT2D eigenvalue weighted by Crippen LogP contribution is -2.08. The molecule has 1 atom stereocenters. The van der Waals surface area contributed by atoms with Crippen molar-refractivity contribution in [3.05, 3.63) is 20.3 Å². The van der Waals surface area contributed by atoms with Crippen LogP contribution >= 0.6 is 39.7 Å². The summed E-state index contributed by atoms with van der Waals surface area (Å²) in [6.45, 7) is 4.33. The highest BCUT2D eigenvalue weighted by atomic mass is 79.9. The van der Waals surface area contributed by atoms with Crippen LogP contribution in [-0.4, -0.2) is 0 Å². The van der Waals surface area contributed by atoms with Crippen LogP contribution in [0.5, 0.6) is 0 Å². The maximum absolute atomic E-state index is 6.11. The summed E-state index contributed by atoms with van der Waals surface area (Å²) in [5.74, 6) is 0. The Labute approximate surface area is 111 Å². The zero-order chi connectivity index (χ0) is 10.6. The number of rotatable bonds is 5. The van der Waals surface area contributed by atoms with Gasteiger partial charge in [0.1, 0.15) is 0 Å². The summed E-state index contributed by atoms with van der Waals surface area (Å²) < 4.78 is 1.22. The molecule has 0 aromatic carbocycles. The van der Waals surface area contributed by atoms with E-state index in [0.29, 0.717) is 0 Å². The fraction of sp³-hybridized carbons (Fsp3) is 0.636. The van der Waals surface area contributed by atoms with E-state index in [9.17, 15) is 0 Å². The van der Waals surface area contributed by atoms with E-state index in [0.717, 1.165) is 6.42 Å². The monoisotopic (exact) mass is 311 g/mol. The number of thiophene rings is 1. The Morgan fingerprint density at radius 3 is 2.60 bits per heavy atom. The van der Waals surface area contributed by atoms with E-state index in [-0.39, 0.29) is 18.4 Å². The van der Waals surface area contributed by atoms with E-state index >= 15 is 0 Å². The van der Waals surface area contributed by atoms with Crippen LogP contribution in [0.3, 0.4) is 0 Å². The fourth-order valence-electron chi connectivity index (χ4n) is 1.42. The maximum Gasteiger partial charge on any atom is 0.0731 e. The van der Waals surface area contributed by atoms with Gasteiger partial charge in [-0.25, -0.2) is 0 Å². The molecule has 0 fully saturated rings. The standard InChI is InChI=1S/C11H18BrNS.ClH/c1-3-4-5-6-9(13)10-7-8(2)11(12)14-10;/h7,9H,3-6,13H2,1-2H3;1H/t9-;/m0./s1. The lowest BCUT2D eigenvalue weighted by molar-refractivity contribution is 0.587. The minimum Gasteiger partial charge on any atom is -0.323 e. The summed E-state index contributed by atoms with van der Waals surface area (Å²) in [4.78, 5) is 1.31. The molecule has 1 nitrogen and oxygen atoms in total. The highest BCUT2D eigenvalue weighted by Gasteiger charge is 2.10. The van der Waals surface area contributed by atoms with Gasteiger partial charge in [-0.15, -0.1) is 23.7 Å². The predicted molar refractivity (Wildman–Crippen MR) is 75.1 cm³/mol. The molecule has 15 heavy (non-hydrogen) atoms. The van der Waals surface area contributed by atoms with Crippen molar-refractivity contribution in [2.45, 2.75) is 45.6 Å². The lowest BCUT2D eigenvalue weighted by atomic mass is 10.1. The van der Waals surface area contributed by atoms with Crippen LogP contribution in [0.4, 0.5) is 0 Å². The Balaban J connectivity index is 0.00000196. The van der Waals surface area contributed by atoms with Gasteiger partial charge in [0, 0.05) is 10.9 Å². The van der Waals surface area contributed by atoms with Crippen LogP contribution in [0.25, 0.3) is 0 Å². The van der Waals surface area contributed by atoms with Crippen molar-refractivity contribution >= 4 is 39.7 Å². The first-order valence-electron chi connectivity index (χ1n) is 5.16. The van der Waals surface area contributed by atoms with Gasteiger partial charge in [0.05, 0.1) is 3.79 Å². The summed E-state index contributed by atoms with van der Waals surface area (Å²) in [5.41, 5.74) is 7.41. The van der Waals surface area contributed by atoms with Gasteiger partial charge in [-0.1, -0.05) is 26.2 Å². The number of halogens is 2. The van der Waals surface area contributed by atoms with Gasteiger partial charge in [0.2, 0.25) is 0 Å². The third kappa shape index (κ3) is 4.85. The van der Waals surface area contributed by atoms with Gasteiger partial charge < -0.3 is 5.73 Å². The summed E-state index contributed by atoms with van der Waals surface area (Å²) >= 11 is 5.30. The van der Waals surface area contributed by atoms with Crippen LogP contribution in [-0.2, 0) is 0 Å². The Hall–Kier alpha value is 0.430. The third-order valence-corrected chi connectivity index (χ3v) is 4.63. The average molecular weight is 313 g/mol. The smallest absolute Gasteiger partial charge is 0.0731 e. The first kappa shape index (κ1) is 15.4. The van der Waals surface area contributed by atoms with Crippen LogP contribution in [0.15, 0.2) is 9.85 Å². The molecular weight excluding hydrogens is 294 g/mol. The highest BCUT2D eigenvalue weighted by Crippen LogP contribution is 2.32. The molecule has 1 aromatic rings. The second-order valence-corrected chi connectivity index (χ2v) is 6.11. The highest BCUT2D eigenvalue weighted by molar-refractivity contribution is 9.11. The van der Waals surface area contributed by atoms with Crippen LogP contribution in [0, 0.1) is 6.92 Å². The molecule has 0 aliphatic carbocycles. The molecule has 0 spiro atoms. The quantitative estimate of drug-likeness (QED) is 0.775. The van der Waals surface area contributed by atoms with E-state index in [4.69, 9.17) is 5.73 Å². The van der Waals surface area contributed by atoms with Crippen LogP contribution in [0.2, 0.25) is 0 Å². The summed E-state index contributed by atoms with van der Waals surface area (Å²) in [6.07, 6.45) is 4.91. The molecule has 0 bridgehead atoms. The number of hydrogen-bond acceptors (Lipinski definition) is 2. The van der Waals surface area contributed by atoms with Crippen LogP contribution in [0.1, 0.15) is 49.1 Å². The molecule has 0 aliphatic rings. The minimum atomic E-state index is 0. The van der Waals surface area contributed by atoms with Gasteiger partial charge in [0.15, 0.2) is 0 Å². The van der Waals surface area contributed by atoms with E-state index in [1.807, 2.05) is 0 Å². The van der Waals surface area contributed by atoms with Gasteiger partial charge in [-0.2, -0.15) is 0 Å². The lowest BCUT2D eigenvalue weighted by Gasteiger charge is -2.08. The number of aryl methyl sites for hydroxylation is 1. The summed E-state index contributed by atoms with van der Waals surface area (Å²) in [5, 5.41) is 0. The zero-order valence-electron chi connectivity index (χ0n) is 9.25. The average Bonchev–Trinajstić information content (AvgIpc) is 2.47.